The predicted octanol–water partition coefficient (Wildman–Crippen LogP) is 4.24. The van der Waals surface area contributed by atoms with Gasteiger partial charge in [0.15, 0.2) is 0 Å². The predicted molar refractivity (Wildman–Crippen MR) is 114 cm³/mol. The molecule has 1 fully saturated rings. The molecule has 2 aliphatic rings. The summed E-state index contributed by atoms with van der Waals surface area (Å²) in [6, 6.07) is 19.8. The maximum absolute atomic E-state index is 9.63. The molecule has 1 aliphatic carbocycles. The Morgan fingerprint density at radius 2 is 1.75 bits per heavy atom. The summed E-state index contributed by atoms with van der Waals surface area (Å²) in [4.78, 5) is 0. The molecule has 4 nitrogen and oxygen atoms in total. The largest absolute Gasteiger partial charge is 0.395 e. The third-order valence-corrected chi connectivity index (χ3v) is 7.58. The first kappa shape index (κ1) is 18.0. The van der Waals surface area contributed by atoms with Gasteiger partial charge in [-0.25, -0.2) is 0 Å². The molecule has 5 heteroatoms. The molecule has 0 saturated heterocycles. The highest BCUT2D eigenvalue weighted by Crippen LogP contribution is 2.53. The minimum absolute atomic E-state index is 0.00154. The van der Waals surface area contributed by atoms with Crippen LogP contribution in [0.25, 0.3) is 11.1 Å². The van der Waals surface area contributed by atoms with E-state index >= 15 is 0 Å². The first-order valence-corrected chi connectivity index (χ1v) is 11.1. The van der Waals surface area contributed by atoms with E-state index in [4.69, 9.17) is 0 Å². The molecular formula is C23H25N3OS. The number of hydrogen-bond donors (Lipinski definition) is 1. The van der Waals surface area contributed by atoms with E-state index in [1.807, 2.05) is 11.8 Å². The molecular weight excluding hydrogens is 366 g/mol. The van der Waals surface area contributed by atoms with Gasteiger partial charge in [0.2, 0.25) is 0 Å². The topological polar surface area (TPSA) is 50.9 Å². The Labute approximate surface area is 170 Å². The number of rotatable bonds is 4. The maximum atomic E-state index is 9.63. The Bertz CT molecular complexity index is 963. The van der Waals surface area contributed by atoms with E-state index in [-0.39, 0.29) is 17.3 Å². The zero-order valence-electron chi connectivity index (χ0n) is 16.1. The number of nitrogens with zero attached hydrogens (tertiary/aromatic N) is 3. The monoisotopic (exact) mass is 391 g/mol. The Morgan fingerprint density at radius 1 is 1.04 bits per heavy atom. The van der Waals surface area contributed by atoms with Crippen LogP contribution < -0.4 is 0 Å². The van der Waals surface area contributed by atoms with Crippen LogP contribution in [0.5, 0.6) is 0 Å². The number of benzene rings is 2. The van der Waals surface area contributed by atoms with Crippen LogP contribution in [-0.2, 0) is 11.8 Å². The minimum Gasteiger partial charge on any atom is -0.395 e. The van der Waals surface area contributed by atoms with Gasteiger partial charge in [-0.2, -0.15) is 11.8 Å². The van der Waals surface area contributed by atoms with Crippen LogP contribution in [0, 0.1) is 0 Å². The molecule has 0 amide bonds. The van der Waals surface area contributed by atoms with Gasteiger partial charge in [-0.1, -0.05) is 54.6 Å². The summed E-state index contributed by atoms with van der Waals surface area (Å²) >= 11 is 1.85. The van der Waals surface area contributed by atoms with Crippen molar-refractivity contribution in [3.63, 3.8) is 0 Å². The van der Waals surface area contributed by atoms with E-state index in [0.29, 0.717) is 6.04 Å². The summed E-state index contributed by atoms with van der Waals surface area (Å²) in [5.74, 6) is 3.13. The van der Waals surface area contributed by atoms with Crippen molar-refractivity contribution in [2.45, 2.75) is 42.9 Å². The van der Waals surface area contributed by atoms with Gasteiger partial charge in [0.1, 0.15) is 11.6 Å². The maximum Gasteiger partial charge on any atom is 0.143 e. The highest BCUT2D eigenvalue weighted by atomic mass is 32.2. The molecule has 144 valence electrons. The summed E-state index contributed by atoms with van der Waals surface area (Å²) < 4.78 is 2.36. The van der Waals surface area contributed by atoms with Gasteiger partial charge in [0, 0.05) is 23.5 Å². The van der Waals surface area contributed by atoms with Gasteiger partial charge in [-0.3, -0.25) is 0 Å². The fourth-order valence-corrected chi connectivity index (χ4v) is 5.43. The minimum atomic E-state index is -0.00154. The van der Waals surface area contributed by atoms with Gasteiger partial charge in [0.05, 0.1) is 12.0 Å². The summed E-state index contributed by atoms with van der Waals surface area (Å²) in [5, 5.41) is 19.1. The number of aliphatic hydroxyl groups is 1. The average Bonchev–Trinajstić information content (AvgIpc) is 3.48. The molecule has 28 heavy (non-hydrogen) atoms. The molecule has 5 rings (SSSR count). The Kier molecular flexibility index (Phi) is 4.52. The lowest BCUT2D eigenvalue weighted by molar-refractivity contribution is 0.293. The first-order chi connectivity index (χ1) is 13.7. The van der Waals surface area contributed by atoms with E-state index < -0.39 is 0 Å². The molecule has 2 unspecified atom stereocenters. The van der Waals surface area contributed by atoms with Crippen molar-refractivity contribution in [2.75, 3.05) is 12.4 Å². The third kappa shape index (κ3) is 2.97. The molecule has 0 radical (unpaired) electrons. The lowest BCUT2D eigenvalue weighted by atomic mass is 9.92. The smallest absolute Gasteiger partial charge is 0.143 e. The van der Waals surface area contributed by atoms with Crippen LogP contribution in [0.1, 0.15) is 43.0 Å². The van der Waals surface area contributed by atoms with Gasteiger partial charge in [-0.15, -0.1) is 10.2 Å². The molecule has 1 aromatic heterocycles. The molecule has 1 saturated carbocycles. The third-order valence-electron chi connectivity index (χ3n) is 6.12. The number of hydrogen-bond acceptors (Lipinski definition) is 4. The molecule has 0 bridgehead atoms. The number of fused-ring (bicyclic) bond motifs is 1. The molecule has 1 N–H and O–H groups in total. The number of aromatic nitrogens is 3. The van der Waals surface area contributed by atoms with Gasteiger partial charge in [0.25, 0.3) is 0 Å². The molecule has 2 heterocycles. The van der Waals surface area contributed by atoms with E-state index in [2.05, 4.69) is 76.3 Å². The van der Waals surface area contributed by atoms with Crippen LogP contribution in [0.3, 0.4) is 0 Å². The zero-order valence-corrected chi connectivity index (χ0v) is 16.9. The van der Waals surface area contributed by atoms with Crippen molar-refractivity contribution in [3.05, 3.63) is 71.8 Å². The summed E-state index contributed by atoms with van der Waals surface area (Å²) in [7, 11) is 0. The van der Waals surface area contributed by atoms with E-state index in [1.54, 1.807) is 0 Å². The van der Waals surface area contributed by atoms with Gasteiger partial charge >= 0.3 is 0 Å². The second-order valence-corrected chi connectivity index (χ2v) is 9.36. The summed E-state index contributed by atoms with van der Waals surface area (Å²) in [6.45, 7) is 2.45. The second-order valence-electron chi connectivity index (χ2n) is 8.03. The SMILES string of the molecule is CC1CSC(CO)Cc2nnc(C3(c4ccc(-c5ccccc5)cc4)CC3)n21. The van der Waals surface area contributed by atoms with E-state index in [1.165, 1.54) is 16.7 Å². The van der Waals surface area contributed by atoms with Crippen LogP contribution in [-0.4, -0.2) is 37.5 Å². The van der Waals surface area contributed by atoms with Crippen LogP contribution >= 0.6 is 11.8 Å². The molecule has 2 atom stereocenters. The number of aliphatic hydroxyl groups excluding tert-OH is 1. The molecule has 3 aromatic rings. The molecule has 0 spiro atoms. The lowest BCUT2D eigenvalue weighted by Crippen LogP contribution is -2.21. The highest BCUT2D eigenvalue weighted by molar-refractivity contribution is 7.99. The molecule has 2 aromatic carbocycles. The quantitative estimate of drug-likeness (QED) is 0.723. The van der Waals surface area contributed by atoms with Crippen molar-refractivity contribution >= 4 is 11.8 Å². The van der Waals surface area contributed by atoms with Crippen LogP contribution in [0.15, 0.2) is 54.6 Å². The fourth-order valence-electron chi connectivity index (χ4n) is 4.36. The standard InChI is InChI=1S/C23H25N3OS/c1-16-15-28-20(14-27)13-21-24-25-22(26(16)21)23(11-12-23)19-9-7-18(8-10-19)17-5-3-2-4-6-17/h2-10,16,20,27H,11-15H2,1H3. The van der Waals surface area contributed by atoms with Crippen molar-refractivity contribution in [3.8, 4) is 11.1 Å². The lowest BCUT2D eigenvalue weighted by Gasteiger charge is -2.21. The molecule has 1 aliphatic heterocycles. The highest BCUT2D eigenvalue weighted by Gasteiger charge is 2.51. The summed E-state index contributed by atoms with van der Waals surface area (Å²) in [5.41, 5.74) is 3.83. The van der Waals surface area contributed by atoms with Crippen molar-refractivity contribution < 1.29 is 5.11 Å². The average molecular weight is 392 g/mol. The van der Waals surface area contributed by atoms with E-state index in [9.17, 15) is 5.11 Å². The van der Waals surface area contributed by atoms with Crippen LogP contribution in [0.4, 0.5) is 0 Å². The van der Waals surface area contributed by atoms with Crippen LogP contribution in [0.2, 0.25) is 0 Å². The van der Waals surface area contributed by atoms with E-state index in [0.717, 1.165) is 36.7 Å². The Morgan fingerprint density at radius 3 is 2.43 bits per heavy atom. The summed E-state index contributed by atoms with van der Waals surface area (Å²) in [6.07, 6.45) is 3.04. The van der Waals surface area contributed by atoms with Crippen molar-refractivity contribution in [1.82, 2.24) is 14.8 Å². The fraction of sp³-hybridized carbons (Fsp3) is 0.391. The van der Waals surface area contributed by atoms with Crippen molar-refractivity contribution in [1.29, 1.82) is 0 Å². The number of thioether (sulfide) groups is 1. The van der Waals surface area contributed by atoms with Gasteiger partial charge < -0.3 is 9.67 Å². The Hall–Kier alpha value is -2.11. The Balaban J connectivity index is 1.50. The second kappa shape index (κ2) is 7.05. The normalized spacial score (nSPS) is 23.1. The zero-order chi connectivity index (χ0) is 19.1. The van der Waals surface area contributed by atoms with Crippen molar-refractivity contribution in [2.24, 2.45) is 0 Å². The first-order valence-electron chi connectivity index (χ1n) is 10.0. The van der Waals surface area contributed by atoms with Gasteiger partial charge in [-0.05, 0) is 36.5 Å².